The first-order chi connectivity index (χ1) is 20.9. The number of benzene rings is 4. The van der Waals surface area contributed by atoms with Crippen molar-refractivity contribution in [1.82, 2.24) is 9.66 Å². The largest absolute Gasteiger partial charge is 0.482 e. The molecule has 0 spiro atoms. The minimum absolute atomic E-state index is 0.0819. The van der Waals surface area contributed by atoms with Crippen molar-refractivity contribution in [3.63, 3.8) is 0 Å². The second-order valence-electron chi connectivity index (χ2n) is 9.57. The fourth-order valence-electron chi connectivity index (χ4n) is 4.71. The number of furan rings is 1. The van der Waals surface area contributed by atoms with Crippen molar-refractivity contribution in [1.29, 1.82) is 0 Å². The molecule has 0 atom stereocenters. The van der Waals surface area contributed by atoms with Crippen molar-refractivity contribution >= 4 is 49.7 Å². The Morgan fingerprint density at radius 1 is 1.02 bits per heavy atom. The van der Waals surface area contributed by atoms with Gasteiger partial charge in [-0.25, -0.2) is 4.98 Å². The lowest BCUT2D eigenvalue weighted by molar-refractivity contribution is -0.385. The first-order valence-electron chi connectivity index (χ1n) is 13.0. The quantitative estimate of drug-likeness (QED) is 0.108. The van der Waals surface area contributed by atoms with Gasteiger partial charge < -0.3 is 18.6 Å². The van der Waals surface area contributed by atoms with Crippen LogP contribution in [0.3, 0.4) is 0 Å². The van der Waals surface area contributed by atoms with Crippen LogP contribution in [0.2, 0.25) is 0 Å². The van der Waals surface area contributed by atoms with Gasteiger partial charge in [-0.15, -0.1) is 0 Å². The number of fused-ring (bicyclic) bond motifs is 3. The lowest BCUT2D eigenvalue weighted by Gasteiger charge is -2.09. The van der Waals surface area contributed by atoms with Gasteiger partial charge in [0, 0.05) is 21.5 Å². The number of para-hydroxylation sites is 1. The first-order valence-corrected chi connectivity index (χ1v) is 13.8. The van der Waals surface area contributed by atoms with Crippen molar-refractivity contribution in [3.8, 4) is 28.8 Å². The summed E-state index contributed by atoms with van der Waals surface area (Å²) in [5.74, 6) is 1.83. The molecule has 0 radical (unpaired) electrons. The van der Waals surface area contributed by atoms with Gasteiger partial charge in [0.15, 0.2) is 23.0 Å². The molecule has 0 fully saturated rings. The van der Waals surface area contributed by atoms with E-state index in [2.05, 4.69) is 26.0 Å². The number of hydrogen-bond donors (Lipinski definition) is 0. The highest BCUT2D eigenvalue weighted by Crippen LogP contribution is 2.34. The van der Waals surface area contributed by atoms with E-state index in [1.165, 1.54) is 18.3 Å². The van der Waals surface area contributed by atoms with E-state index in [9.17, 15) is 14.9 Å². The van der Waals surface area contributed by atoms with E-state index in [1.54, 1.807) is 54.6 Å². The summed E-state index contributed by atoms with van der Waals surface area (Å²) >= 11 is 3.46. The molecule has 0 saturated heterocycles. The third-order valence-electron chi connectivity index (χ3n) is 6.79. The standard InChI is InChI=1S/C31H19BrN4O7/c32-21-7-10-25-20(13-21)14-29(43-25)30-34-23-4-2-1-3-22(23)31(37)35(30)33-15-18-5-8-26(24(11-18)36(38)39)40-16-19-6-9-27-28(12-19)42-17-41-27/h1-15H,16-17H2. The predicted molar refractivity (Wildman–Crippen MR) is 162 cm³/mol. The number of hydrogen-bond acceptors (Lipinski definition) is 9. The zero-order chi connectivity index (χ0) is 29.5. The average molecular weight is 639 g/mol. The van der Waals surface area contributed by atoms with E-state index in [0.29, 0.717) is 39.3 Å². The Bertz CT molecular complexity index is 2150. The monoisotopic (exact) mass is 638 g/mol. The van der Waals surface area contributed by atoms with Crippen LogP contribution in [-0.4, -0.2) is 27.6 Å². The molecule has 6 aromatic rings. The Hall–Kier alpha value is -5.49. The van der Waals surface area contributed by atoms with Crippen LogP contribution in [-0.2, 0) is 6.61 Å². The van der Waals surface area contributed by atoms with Crippen LogP contribution in [0.15, 0.2) is 104 Å². The molecule has 12 heteroatoms. The summed E-state index contributed by atoms with van der Waals surface area (Å²) in [5, 5.41) is 17.5. The molecule has 0 N–H and O–H groups in total. The lowest BCUT2D eigenvalue weighted by atomic mass is 10.2. The van der Waals surface area contributed by atoms with Gasteiger partial charge in [0.25, 0.3) is 5.56 Å². The molecule has 0 bridgehead atoms. The Morgan fingerprint density at radius 2 is 1.88 bits per heavy atom. The second kappa shape index (κ2) is 10.7. The minimum atomic E-state index is -0.534. The van der Waals surface area contributed by atoms with Crippen molar-refractivity contribution < 1.29 is 23.6 Å². The van der Waals surface area contributed by atoms with E-state index in [0.717, 1.165) is 20.1 Å². The van der Waals surface area contributed by atoms with Crippen LogP contribution in [0.25, 0.3) is 33.5 Å². The summed E-state index contributed by atoms with van der Waals surface area (Å²) in [6.07, 6.45) is 1.36. The molecule has 0 unspecified atom stereocenters. The van der Waals surface area contributed by atoms with Gasteiger partial charge in [0.1, 0.15) is 12.2 Å². The number of ether oxygens (including phenoxy) is 3. The van der Waals surface area contributed by atoms with Crippen molar-refractivity contribution in [2.45, 2.75) is 6.61 Å². The molecule has 0 saturated carbocycles. The molecule has 0 amide bonds. The van der Waals surface area contributed by atoms with Crippen molar-refractivity contribution in [2.75, 3.05) is 6.79 Å². The van der Waals surface area contributed by atoms with Crippen molar-refractivity contribution in [3.05, 3.63) is 121 Å². The summed E-state index contributed by atoms with van der Waals surface area (Å²) in [7, 11) is 0. The molecule has 1 aliphatic rings. The molecule has 7 rings (SSSR count). The van der Waals surface area contributed by atoms with Gasteiger partial charge in [-0.05, 0) is 66.2 Å². The summed E-state index contributed by atoms with van der Waals surface area (Å²) in [6.45, 7) is 0.230. The summed E-state index contributed by atoms with van der Waals surface area (Å²) < 4.78 is 24.5. The number of halogens is 1. The molecule has 43 heavy (non-hydrogen) atoms. The Balaban J connectivity index is 1.23. The maximum absolute atomic E-state index is 13.5. The number of rotatable bonds is 7. The highest BCUT2D eigenvalue weighted by Gasteiger charge is 2.19. The lowest BCUT2D eigenvalue weighted by Crippen LogP contribution is -2.20. The predicted octanol–water partition coefficient (Wildman–Crippen LogP) is 6.67. The van der Waals surface area contributed by atoms with Crippen LogP contribution >= 0.6 is 15.9 Å². The molecule has 1 aliphatic heterocycles. The molecule has 212 valence electrons. The molecule has 0 aliphatic carbocycles. The minimum Gasteiger partial charge on any atom is -0.482 e. The third-order valence-corrected chi connectivity index (χ3v) is 7.28. The molecule has 4 aromatic carbocycles. The number of aromatic nitrogens is 2. The molecule has 3 heterocycles. The van der Waals surface area contributed by atoms with Gasteiger partial charge in [-0.1, -0.05) is 34.1 Å². The third kappa shape index (κ3) is 5.08. The number of nitrogens with zero attached hydrogens (tertiary/aromatic N) is 4. The van der Waals surface area contributed by atoms with Crippen molar-refractivity contribution in [2.24, 2.45) is 5.10 Å². The summed E-state index contributed by atoms with van der Waals surface area (Å²) in [4.78, 5) is 29.6. The molecule has 11 nitrogen and oxygen atoms in total. The fraction of sp³-hybridized carbons (Fsp3) is 0.0645. The van der Waals surface area contributed by atoms with Crippen LogP contribution in [0, 0.1) is 10.1 Å². The van der Waals surface area contributed by atoms with Gasteiger partial charge in [0.2, 0.25) is 12.6 Å². The summed E-state index contributed by atoms with van der Waals surface area (Å²) in [6, 6.07) is 24.0. The highest BCUT2D eigenvalue weighted by atomic mass is 79.9. The molecular weight excluding hydrogens is 620 g/mol. The van der Waals surface area contributed by atoms with E-state index >= 15 is 0 Å². The van der Waals surface area contributed by atoms with Crippen LogP contribution in [0.1, 0.15) is 11.1 Å². The van der Waals surface area contributed by atoms with Crippen LogP contribution < -0.4 is 19.8 Å². The second-order valence-corrected chi connectivity index (χ2v) is 10.5. The molecular formula is C31H19BrN4O7. The maximum atomic E-state index is 13.5. The van der Waals surface area contributed by atoms with Gasteiger partial charge >= 0.3 is 5.69 Å². The fourth-order valence-corrected chi connectivity index (χ4v) is 5.09. The van der Waals surface area contributed by atoms with E-state index in [-0.39, 0.29) is 30.7 Å². The Labute approximate surface area is 250 Å². The SMILES string of the molecule is O=c1c2ccccc2nc(-c2cc3cc(Br)ccc3o2)n1N=Cc1ccc(OCc2ccc3c(c2)OCO3)c([N+](=O)[O-])c1. The highest BCUT2D eigenvalue weighted by molar-refractivity contribution is 9.10. The Morgan fingerprint density at radius 3 is 2.77 bits per heavy atom. The molecule has 2 aromatic heterocycles. The van der Waals surface area contributed by atoms with E-state index < -0.39 is 10.5 Å². The normalized spacial score (nSPS) is 12.4. The Kier molecular flexibility index (Phi) is 6.59. The maximum Gasteiger partial charge on any atom is 0.311 e. The van der Waals surface area contributed by atoms with E-state index in [1.807, 2.05) is 18.2 Å². The topological polar surface area (TPSA) is 131 Å². The number of nitro benzene ring substituents is 1. The first kappa shape index (κ1) is 26.4. The van der Waals surface area contributed by atoms with E-state index in [4.69, 9.17) is 18.6 Å². The average Bonchev–Trinajstić information content (AvgIpc) is 3.66. The van der Waals surface area contributed by atoms with Gasteiger partial charge in [-0.2, -0.15) is 9.78 Å². The number of nitro groups is 1. The van der Waals surface area contributed by atoms with Gasteiger partial charge in [-0.3, -0.25) is 14.9 Å². The smallest absolute Gasteiger partial charge is 0.311 e. The van der Waals surface area contributed by atoms with Crippen LogP contribution in [0.5, 0.6) is 17.2 Å². The zero-order valence-corrected chi connectivity index (χ0v) is 23.7. The van der Waals surface area contributed by atoms with Crippen LogP contribution in [0.4, 0.5) is 5.69 Å². The summed E-state index contributed by atoms with van der Waals surface area (Å²) in [5.41, 5.74) is 1.56. The zero-order valence-electron chi connectivity index (χ0n) is 22.1. The van der Waals surface area contributed by atoms with Gasteiger partial charge in [0.05, 0.1) is 22.0 Å².